The van der Waals surface area contributed by atoms with Crippen LogP contribution in [0.3, 0.4) is 0 Å². The van der Waals surface area contributed by atoms with Crippen LogP contribution in [0.5, 0.6) is 5.75 Å². The van der Waals surface area contributed by atoms with Gasteiger partial charge in [0.1, 0.15) is 5.75 Å². The van der Waals surface area contributed by atoms with Gasteiger partial charge in [0.2, 0.25) is 0 Å². The minimum Gasteiger partial charge on any atom is -0.423 e. The topological polar surface area (TPSA) is 98.5 Å². The molecule has 1 N–H and O–H groups in total. The predicted octanol–water partition coefficient (Wildman–Crippen LogP) is 6.05. The molecule has 0 aliphatic carbocycles. The molecule has 10 heteroatoms. The summed E-state index contributed by atoms with van der Waals surface area (Å²) >= 11 is 7.20. The molecule has 5 rings (SSSR count). The van der Waals surface area contributed by atoms with Crippen LogP contribution < -0.4 is 10.2 Å². The summed E-state index contributed by atoms with van der Waals surface area (Å²) in [5.74, 6) is 0.356. The van der Waals surface area contributed by atoms with Crippen molar-refractivity contribution in [1.82, 2.24) is 20.2 Å². The van der Waals surface area contributed by atoms with Crippen molar-refractivity contribution in [3.63, 3.8) is 0 Å². The van der Waals surface area contributed by atoms with Crippen molar-refractivity contribution >= 4 is 41.5 Å². The zero-order valence-corrected chi connectivity index (χ0v) is 22.5. The first-order valence-corrected chi connectivity index (χ1v) is 13.5. The zero-order valence-electron chi connectivity index (χ0n) is 21.0. The van der Waals surface area contributed by atoms with E-state index in [1.807, 2.05) is 65.2 Å². The zero-order chi connectivity index (χ0) is 27.7. The Morgan fingerprint density at radius 3 is 2.35 bits per heavy atom. The molecule has 1 aromatic heterocycles. The van der Waals surface area contributed by atoms with Crippen LogP contribution in [0.25, 0.3) is 17.1 Å². The van der Waals surface area contributed by atoms with Crippen molar-refractivity contribution in [2.24, 2.45) is 5.10 Å². The number of hydrogen-bond donors (Lipinski definition) is 1. The first-order valence-electron chi connectivity index (χ1n) is 12.2. The van der Waals surface area contributed by atoms with E-state index in [0.29, 0.717) is 32.9 Å². The van der Waals surface area contributed by atoms with Gasteiger partial charge in [-0.25, -0.2) is 10.2 Å². The van der Waals surface area contributed by atoms with Gasteiger partial charge in [-0.15, -0.1) is 10.2 Å². The Hall–Kier alpha value is -4.73. The second kappa shape index (κ2) is 12.9. The molecule has 0 saturated carbocycles. The molecule has 4 aromatic carbocycles. The summed E-state index contributed by atoms with van der Waals surface area (Å²) in [7, 11) is 0. The fourth-order valence-corrected chi connectivity index (χ4v) is 4.63. The molecule has 5 aromatic rings. The van der Waals surface area contributed by atoms with E-state index in [2.05, 4.69) is 20.7 Å². The number of carbonyl (C=O) groups excluding carboxylic acids is 2. The summed E-state index contributed by atoms with van der Waals surface area (Å²) in [6.45, 7) is 0. The Morgan fingerprint density at radius 2 is 1.62 bits per heavy atom. The van der Waals surface area contributed by atoms with E-state index in [0.717, 1.165) is 11.3 Å². The highest BCUT2D eigenvalue weighted by Gasteiger charge is 2.17. The van der Waals surface area contributed by atoms with Gasteiger partial charge >= 0.3 is 5.97 Å². The van der Waals surface area contributed by atoms with Crippen LogP contribution in [-0.4, -0.2) is 38.6 Å². The highest BCUT2D eigenvalue weighted by Crippen LogP contribution is 2.27. The van der Waals surface area contributed by atoms with Crippen LogP contribution in [0.15, 0.2) is 119 Å². The fraction of sp³-hybridized carbons (Fsp3) is 0.0333. The maximum atomic E-state index is 12.5. The van der Waals surface area contributed by atoms with Gasteiger partial charge in [0.05, 0.1) is 17.5 Å². The third kappa shape index (κ3) is 6.82. The Balaban J connectivity index is 1.18. The lowest BCUT2D eigenvalue weighted by Crippen LogP contribution is -2.20. The minimum absolute atomic E-state index is 0.0927. The summed E-state index contributed by atoms with van der Waals surface area (Å²) < 4.78 is 7.30. The minimum atomic E-state index is -0.507. The predicted molar refractivity (Wildman–Crippen MR) is 156 cm³/mol. The van der Waals surface area contributed by atoms with E-state index >= 15 is 0 Å². The van der Waals surface area contributed by atoms with Gasteiger partial charge in [-0.1, -0.05) is 78.0 Å². The monoisotopic (exact) mass is 567 g/mol. The molecule has 0 aliphatic heterocycles. The normalized spacial score (nSPS) is 10.9. The molecule has 198 valence electrons. The van der Waals surface area contributed by atoms with Crippen molar-refractivity contribution in [1.29, 1.82) is 0 Å². The third-order valence-electron chi connectivity index (χ3n) is 5.57. The molecule has 0 spiro atoms. The smallest absolute Gasteiger partial charge is 0.343 e. The number of rotatable bonds is 9. The number of nitrogens with zero attached hydrogens (tertiary/aromatic N) is 4. The molecule has 0 bridgehead atoms. The maximum Gasteiger partial charge on any atom is 0.343 e. The second-order valence-corrected chi connectivity index (χ2v) is 9.77. The highest BCUT2D eigenvalue weighted by atomic mass is 35.5. The molecule has 0 unspecified atom stereocenters. The van der Waals surface area contributed by atoms with E-state index in [-0.39, 0.29) is 11.7 Å². The van der Waals surface area contributed by atoms with Gasteiger partial charge in [0.15, 0.2) is 11.0 Å². The van der Waals surface area contributed by atoms with Gasteiger partial charge in [-0.3, -0.25) is 9.36 Å². The van der Waals surface area contributed by atoms with Crippen molar-refractivity contribution in [3.05, 3.63) is 125 Å². The highest BCUT2D eigenvalue weighted by molar-refractivity contribution is 7.99. The second-order valence-electron chi connectivity index (χ2n) is 8.39. The molecular weight excluding hydrogens is 546 g/mol. The van der Waals surface area contributed by atoms with E-state index in [1.165, 1.54) is 18.0 Å². The fourth-order valence-electron chi connectivity index (χ4n) is 3.69. The molecular formula is C30H22ClN5O3S. The lowest BCUT2D eigenvalue weighted by Gasteiger charge is -2.10. The molecule has 0 aliphatic rings. The van der Waals surface area contributed by atoms with Crippen molar-refractivity contribution in [2.75, 3.05) is 5.75 Å². The van der Waals surface area contributed by atoms with Gasteiger partial charge in [0.25, 0.3) is 5.91 Å². The van der Waals surface area contributed by atoms with Crippen molar-refractivity contribution in [3.8, 4) is 22.8 Å². The number of halogens is 1. The lowest BCUT2D eigenvalue weighted by atomic mass is 10.2. The number of hydrazone groups is 1. The number of aromatic nitrogens is 3. The Bertz CT molecular complexity index is 1640. The summed E-state index contributed by atoms with van der Waals surface area (Å²) in [5.41, 5.74) is 5.42. The molecule has 40 heavy (non-hydrogen) atoms. The van der Waals surface area contributed by atoms with E-state index in [4.69, 9.17) is 16.3 Å². The SMILES string of the molecule is O=C(CSc1nnc(-c2ccccc2)n1-c1ccccc1)N/N=C/c1ccc(OC(=O)c2cccc(Cl)c2)cc1. The van der Waals surface area contributed by atoms with Gasteiger partial charge in [0, 0.05) is 16.3 Å². The molecule has 0 saturated heterocycles. The quantitative estimate of drug-likeness (QED) is 0.0765. The summed E-state index contributed by atoms with van der Waals surface area (Å²) in [5, 5.41) is 13.8. The number of hydrogen-bond acceptors (Lipinski definition) is 7. The first kappa shape index (κ1) is 26.9. The van der Waals surface area contributed by atoms with Crippen LogP contribution in [-0.2, 0) is 4.79 Å². The molecule has 1 amide bonds. The average Bonchev–Trinajstić information content (AvgIpc) is 3.42. The lowest BCUT2D eigenvalue weighted by molar-refractivity contribution is -0.118. The number of benzene rings is 4. The number of carbonyl (C=O) groups is 2. The molecule has 0 atom stereocenters. The largest absolute Gasteiger partial charge is 0.423 e. The van der Waals surface area contributed by atoms with Gasteiger partial charge in [-0.05, 0) is 60.2 Å². The molecule has 0 fully saturated rings. The summed E-state index contributed by atoms with van der Waals surface area (Å²) in [6, 6.07) is 32.8. The van der Waals surface area contributed by atoms with E-state index in [9.17, 15) is 9.59 Å². The van der Waals surface area contributed by atoms with E-state index in [1.54, 1.807) is 48.5 Å². The number of thioether (sulfide) groups is 1. The number of para-hydroxylation sites is 1. The summed E-state index contributed by atoms with van der Waals surface area (Å²) in [4.78, 5) is 24.8. The van der Waals surface area contributed by atoms with Crippen molar-refractivity contribution < 1.29 is 14.3 Å². The van der Waals surface area contributed by atoms with Crippen LogP contribution in [0, 0.1) is 0 Å². The van der Waals surface area contributed by atoms with Gasteiger partial charge < -0.3 is 4.74 Å². The molecule has 1 heterocycles. The Kier molecular flexibility index (Phi) is 8.65. The van der Waals surface area contributed by atoms with Crippen molar-refractivity contribution in [2.45, 2.75) is 5.16 Å². The summed E-state index contributed by atoms with van der Waals surface area (Å²) in [6.07, 6.45) is 1.51. The molecule has 0 radical (unpaired) electrons. The number of nitrogens with one attached hydrogen (secondary N) is 1. The average molecular weight is 568 g/mol. The Labute approximate surface area is 239 Å². The van der Waals surface area contributed by atoms with Crippen LogP contribution in [0.1, 0.15) is 15.9 Å². The molecule has 8 nitrogen and oxygen atoms in total. The van der Waals surface area contributed by atoms with E-state index < -0.39 is 5.97 Å². The number of ether oxygens (including phenoxy) is 1. The standard InChI is InChI=1S/C30H22ClN5O3S/c31-24-11-7-10-23(18-24)29(38)39-26-16-14-21(15-17-26)19-32-33-27(37)20-40-30-35-34-28(22-8-3-1-4-9-22)36(30)25-12-5-2-6-13-25/h1-19H,20H2,(H,33,37)/b32-19+. The third-order valence-corrected chi connectivity index (χ3v) is 6.73. The maximum absolute atomic E-state index is 12.5. The van der Waals surface area contributed by atoms with Crippen LogP contribution in [0.4, 0.5) is 0 Å². The first-order chi connectivity index (χ1) is 19.6. The van der Waals surface area contributed by atoms with Crippen LogP contribution >= 0.6 is 23.4 Å². The number of amides is 1. The van der Waals surface area contributed by atoms with Gasteiger partial charge in [-0.2, -0.15) is 5.10 Å². The van der Waals surface area contributed by atoms with Crippen LogP contribution in [0.2, 0.25) is 5.02 Å². The Morgan fingerprint density at radius 1 is 0.900 bits per heavy atom. The number of esters is 1.